The maximum atomic E-state index is 6.24. The van der Waals surface area contributed by atoms with E-state index in [0.29, 0.717) is 17.0 Å². The van der Waals surface area contributed by atoms with Crippen LogP contribution >= 0.6 is 11.6 Å². The highest BCUT2D eigenvalue weighted by Crippen LogP contribution is 2.41. The first-order valence-corrected chi connectivity index (χ1v) is 6.56. The number of hydrogen-bond donors (Lipinski definition) is 0. The molecule has 1 aliphatic carbocycles. The topological polar surface area (TPSA) is 30.2 Å². The lowest BCUT2D eigenvalue weighted by atomic mass is 10.1. The Bertz CT molecular complexity index is 555. The summed E-state index contributed by atoms with van der Waals surface area (Å²) in [5, 5.41) is 5.12. The van der Waals surface area contributed by atoms with Crippen molar-refractivity contribution in [3.05, 3.63) is 28.7 Å². The molecular weight excluding hydrogens is 234 g/mol. The predicted molar refractivity (Wildman–Crippen MR) is 68.5 cm³/mol. The van der Waals surface area contributed by atoms with Crippen molar-refractivity contribution in [3.63, 3.8) is 0 Å². The second-order valence-electron chi connectivity index (χ2n) is 5.28. The molecule has 0 radical (unpaired) electrons. The van der Waals surface area contributed by atoms with Crippen LogP contribution < -0.4 is 0 Å². The van der Waals surface area contributed by atoms with Gasteiger partial charge in [0.15, 0.2) is 11.5 Å². The molecule has 17 heavy (non-hydrogen) atoms. The maximum Gasteiger partial charge on any atom is 0.157 e. The van der Waals surface area contributed by atoms with Crippen molar-refractivity contribution in [2.24, 2.45) is 5.92 Å². The number of rotatable bonds is 3. The summed E-state index contributed by atoms with van der Waals surface area (Å²) in [7, 11) is 0. The van der Waals surface area contributed by atoms with E-state index in [4.69, 9.17) is 11.6 Å². The van der Waals surface area contributed by atoms with E-state index in [1.54, 1.807) is 4.52 Å². The Kier molecular flexibility index (Phi) is 2.58. The number of pyridine rings is 1. The second-order valence-corrected chi connectivity index (χ2v) is 5.67. The average Bonchev–Trinajstić information content (AvgIpc) is 3.00. The molecular formula is C13H16ClN3. The fraction of sp³-hybridized carbons (Fsp3) is 0.538. The Morgan fingerprint density at radius 3 is 2.82 bits per heavy atom. The van der Waals surface area contributed by atoms with Gasteiger partial charge in [-0.2, -0.15) is 0 Å². The minimum absolute atomic E-state index is 0.564. The van der Waals surface area contributed by atoms with Gasteiger partial charge in [0.05, 0.1) is 0 Å². The smallest absolute Gasteiger partial charge is 0.157 e. The summed E-state index contributed by atoms with van der Waals surface area (Å²) in [5.74, 6) is 2.15. The van der Waals surface area contributed by atoms with Crippen LogP contribution in [0.25, 0.3) is 5.65 Å². The van der Waals surface area contributed by atoms with Crippen LogP contribution in [0.1, 0.15) is 44.0 Å². The van der Waals surface area contributed by atoms with Crippen molar-refractivity contribution in [3.8, 4) is 0 Å². The number of hydrogen-bond acceptors (Lipinski definition) is 2. The standard InChI is InChI=1S/C13H16ClN3/c1-8(2)5-12-15-13-7-10(9-3-4-9)6-11(14)17(13)16-12/h6-9H,3-5H2,1-2H3. The molecule has 0 atom stereocenters. The molecule has 1 saturated carbocycles. The van der Waals surface area contributed by atoms with Crippen LogP contribution in [0.4, 0.5) is 0 Å². The van der Waals surface area contributed by atoms with Crippen molar-refractivity contribution in [2.45, 2.75) is 39.0 Å². The second kappa shape index (κ2) is 3.98. The van der Waals surface area contributed by atoms with Crippen LogP contribution in [0, 0.1) is 5.92 Å². The molecule has 2 aromatic rings. The zero-order chi connectivity index (χ0) is 12.0. The Morgan fingerprint density at radius 1 is 1.41 bits per heavy atom. The molecule has 0 aliphatic heterocycles. The van der Waals surface area contributed by atoms with Gasteiger partial charge in [-0.15, -0.1) is 5.10 Å². The molecule has 2 aromatic heterocycles. The third-order valence-electron chi connectivity index (χ3n) is 3.10. The first-order chi connectivity index (χ1) is 8.13. The van der Waals surface area contributed by atoms with Crippen LogP contribution in [-0.4, -0.2) is 14.6 Å². The van der Waals surface area contributed by atoms with Crippen LogP contribution in [0.5, 0.6) is 0 Å². The first kappa shape index (κ1) is 11.0. The van der Waals surface area contributed by atoms with Crippen molar-refractivity contribution in [1.29, 1.82) is 0 Å². The molecule has 0 N–H and O–H groups in total. The van der Waals surface area contributed by atoms with Gasteiger partial charge >= 0.3 is 0 Å². The Balaban J connectivity index is 2.04. The van der Waals surface area contributed by atoms with Gasteiger partial charge in [-0.1, -0.05) is 25.4 Å². The van der Waals surface area contributed by atoms with Gasteiger partial charge in [-0.3, -0.25) is 0 Å². The maximum absolute atomic E-state index is 6.24. The summed E-state index contributed by atoms with van der Waals surface area (Å²) < 4.78 is 1.74. The van der Waals surface area contributed by atoms with Gasteiger partial charge < -0.3 is 0 Å². The molecule has 3 nitrogen and oxygen atoms in total. The fourth-order valence-corrected chi connectivity index (χ4v) is 2.36. The van der Waals surface area contributed by atoms with Gasteiger partial charge in [0.1, 0.15) is 5.15 Å². The molecule has 0 saturated heterocycles. The molecule has 2 heterocycles. The molecule has 3 rings (SSSR count). The summed E-state index contributed by atoms with van der Waals surface area (Å²) >= 11 is 6.24. The summed E-state index contributed by atoms with van der Waals surface area (Å²) in [6.45, 7) is 4.34. The minimum Gasteiger partial charge on any atom is -0.212 e. The quantitative estimate of drug-likeness (QED) is 0.780. The average molecular weight is 250 g/mol. The summed E-state index contributed by atoms with van der Waals surface area (Å²) in [4.78, 5) is 4.55. The number of halogens is 1. The Hall–Kier alpha value is -1.09. The summed E-state index contributed by atoms with van der Waals surface area (Å²) in [6, 6.07) is 4.15. The first-order valence-electron chi connectivity index (χ1n) is 6.18. The highest BCUT2D eigenvalue weighted by Gasteiger charge is 2.25. The summed E-state index contributed by atoms with van der Waals surface area (Å²) in [5.41, 5.74) is 2.20. The van der Waals surface area contributed by atoms with Gasteiger partial charge in [0, 0.05) is 6.42 Å². The van der Waals surface area contributed by atoms with E-state index >= 15 is 0 Å². The predicted octanol–water partition coefficient (Wildman–Crippen LogP) is 3.46. The molecule has 0 spiro atoms. The van der Waals surface area contributed by atoms with E-state index in [9.17, 15) is 0 Å². The van der Waals surface area contributed by atoms with E-state index < -0.39 is 0 Å². The van der Waals surface area contributed by atoms with Gasteiger partial charge in [-0.25, -0.2) is 9.50 Å². The van der Waals surface area contributed by atoms with Crippen molar-refractivity contribution >= 4 is 17.2 Å². The zero-order valence-corrected chi connectivity index (χ0v) is 10.9. The van der Waals surface area contributed by atoms with Crippen LogP contribution in [-0.2, 0) is 6.42 Å². The molecule has 1 aliphatic rings. The van der Waals surface area contributed by atoms with Gasteiger partial charge in [-0.05, 0) is 42.4 Å². The van der Waals surface area contributed by atoms with E-state index in [2.05, 4.69) is 30.0 Å². The van der Waals surface area contributed by atoms with Gasteiger partial charge in [0.25, 0.3) is 0 Å². The van der Waals surface area contributed by atoms with Crippen molar-refractivity contribution in [1.82, 2.24) is 14.6 Å². The highest BCUT2D eigenvalue weighted by molar-refractivity contribution is 6.29. The molecule has 4 heteroatoms. The lowest BCUT2D eigenvalue weighted by Gasteiger charge is -2.00. The fourth-order valence-electron chi connectivity index (χ4n) is 2.11. The van der Waals surface area contributed by atoms with E-state index in [1.807, 2.05) is 6.07 Å². The van der Waals surface area contributed by atoms with E-state index in [-0.39, 0.29) is 0 Å². The van der Waals surface area contributed by atoms with Crippen molar-refractivity contribution < 1.29 is 0 Å². The van der Waals surface area contributed by atoms with Crippen LogP contribution in [0.2, 0.25) is 5.15 Å². The normalized spacial score (nSPS) is 16.0. The monoisotopic (exact) mass is 249 g/mol. The SMILES string of the molecule is CC(C)Cc1nc2cc(C3CC3)cc(Cl)n2n1. The van der Waals surface area contributed by atoms with E-state index in [0.717, 1.165) is 17.9 Å². The molecule has 1 fully saturated rings. The molecule has 0 unspecified atom stereocenters. The largest absolute Gasteiger partial charge is 0.212 e. The van der Waals surface area contributed by atoms with Crippen LogP contribution in [0.15, 0.2) is 12.1 Å². The summed E-state index contributed by atoms with van der Waals surface area (Å²) in [6.07, 6.45) is 3.45. The van der Waals surface area contributed by atoms with Gasteiger partial charge in [0.2, 0.25) is 0 Å². The Morgan fingerprint density at radius 2 is 2.18 bits per heavy atom. The lowest BCUT2D eigenvalue weighted by molar-refractivity contribution is 0.620. The number of nitrogens with zero attached hydrogens (tertiary/aromatic N) is 3. The van der Waals surface area contributed by atoms with Crippen molar-refractivity contribution in [2.75, 3.05) is 0 Å². The molecule has 0 aromatic carbocycles. The Labute approximate surface area is 106 Å². The molecule has 0 bridgehead atoms. The van der Waals surface area contributed by atoms with E-state index in [1.165, 1.54) is 18.4 Å². The molecule has 90 valence electrons. The minimum atomic E-state index is 0.564. The lowest BCUT2D eigenvalue weighted by Crippen LogP contribution is -1.97. The number of fused-ring (bicyclic) bond motifs is 1. The van der Waals surface area contributed by atoms with Crippen LogP contribution in [0.3, 0.4) is 0 Å². The third-order valence-corrected chi connectivity index (χ3v) is 3.37. The molecule has 0 amide bonds. The highest BCUT2D eigenvalue weighted by atomic mass is 35.5. The number of aromatic nitrogens is 3. The zero-order valence-electron chi connectivity index (χ0n) is 10.2. The third kappa shape index (κ3) is 2.16.